The summed E-state index contributed by atoms with van der Waals surface area (Å²) in [5.41, 5.74) is -0.515. The van der Waals surface area contributed by atoms with Gasteiger partial charge in [-0.05, 0) is 19.9 Å². The lowest BCUT2D eigenvalue weighted by Crippen LogP contribution is -2.52. The fraction of sp³-hybridized carbons (Fsp3) is 0.364. The predicted molar refractivity (Wildman–Crippen MR) is 114 cm³/mol. The lowest BCUT2D eigenvalue weighted by atomic mass is 10.1. The fourth-order valence-corrected chi connectivity index (χ4v) is 4.36. The standard InChI is InChI=1S/C22H19F5N6O2/c1-10-8-35-9-11(2)32(10)22(34)15-4-16-13(5-28-15)18(30-33(16)20(27)19(25)26)17-6-29-21-14(24)3-12(23)7-31(17)21/h3-7,10-11,19-20H,8-9H2,1-2H3. The number of pyridine rings is 2. The maximum absolute atomic E-state index is 14.6. The zero-order valence-corrected chi connectivity index (χ0v) is 18.5. The van der Waals surface area contributed by atoms with Crippen LogP contribution in [0.5, 0.6) is 0 Å². The number of fused-ring (bicyclic) bond motifs is 2. The molecule has 3 unspecified atom stereocenters. The molecule has 5 heterocycles. The van der Waals surface area contributed by atoms with Crippen LogP contribution in [0.2, 0.25) is 0 Å². The molecule has 1 aliphatic rings. The summed E-state index contributed by atoms with van der Waals surface area (Å²) in [5.74, 6) is -2.33. The summed E-state index contributed by atoms with van der Waals surface area (Å²) in [5, 5.41) is 4.07. The molecular weight excluding hydrogens is 475 g/mol. The minimum Gasteiger partial charge on any atom is -0.377 e. The van der Waals surface area contributed by atoms with Crippen molar-refractivity contribution in [2.75, 3.05) is 13.2 Å². The molecule has 1 fully saturated rings. The third kappa shape index (κ3) is 3.79. The van der Waals surface area contributed by atoms with Crippen molar-refractivity contribution in [2.24, 2.45) is 0 Å². The van der Waals surface area contributed by atoms with Gasteiger partial charge in [0.2, 0.25) is 0 Å². The van der Waals surface area contributed by atoms with E-state index in [4.69, 9.17) is 4.74 Å². The molecule has 0 N–H and O–H groups in total. The molecule has 5 rings (SSSR count). The number of morpholine rings is 1. The van der Waals surface area contributed by atoms with E-state index >= 15 is 0 Å². The number of ether oxygens (including phenoxy) is 1. The lowest BCUT2D eigenvalue weighted by molar-refractivity contribution is -0.0252. The molecule has 1 amide bonds. The van der Waals surface area contributed by atoms with E-state index in [1.165, 1.54) is 12.3 Å². The molecule has 0 spiro atoms. The number of imidazole rings is 1. The van der Waals surface area contributed by atoms with E-state index in [9.17, 15) is 26.7 Å². The summed E-state index contributed by atoms with van der Waals surface area (Å²) in [6.45, 7) is 4.23. The van der Waals surface area contributed by atoms with E-state index in [-0.39, 0.29) is 45.7 Å². The van der Waals surface area contributed by atoms with Gasteiger partial charge < -0.3 is 9.64 Å². The van der Waals surface area contributed by atoms with Gasteiger partial charge in [0.05, 0.1) is 42.7 Å². The summed E-state index contributed by atoms with van der Waals surface area (Å²) in [7, 11) is 0. The van der Waals surface area contributed by atoms with Gasteiger partial charge in [0.15, 0.2) is 11.5 Å². The van der Waals surface area contributed by atoms with Crippen molar-refractivity contribution in [3.05, 3.63) is 48.1 Å². The zero-order chi connectivity index (χ0) is 25.0. The third-order valence-corrected chi connectivity index (χ3v) is 5.92. The molecule has 1 saturated heterocycles. The monoisotopic (exact) mass is 494 g/mol. The van der Waals surface area contributed by atoms with Gasteiger partial charge in [0.1, 0.15) is 17.2 Å². The van der Waals surface area contributed by atoms with E-state index in [1.807, 2.05) is 0 Å². The Morgan fingerprint density at radius 2 is 1.80 bits per heavy atom. The van der Waals surface area contributed by atoms with Gasteiger partial charge in [-0.25, -0.2) is 31.6 Å². The Kier molecular flexibility index (Phi) is 5.66. The van der Waals surface area contributed by atoms with E-state index in [2.05, 4.69) is 15.1 Å². The Morgan fingerprint density at radius 3 is 2.49 bits per heavy atom. The van der Waals surface area contributed by atoms with E-state index in [0.29, 0.717) is 24.0 Å². The average Bonchev–Trinajstić information content (AvgIpc) is 3.39. The highest BCUT2D eigenvalue weighted by atomic mass is 19.3. The lowest BCUT2D eigenvalue weighted by Gasteiger charge is -2.38. The van der Waals surface area contributed by atoms with Crippen molar-refractivity contribution < 1.29 is 31.5 Å². The molecule has 184 valence electrons. The highest BCUT2D eigenvalue weighted by molar-refractivity contribution is 5.99. The summed E-state index contributed by atoms with van der Waals surface area (Å²) in [6, 6.07) is 1.30. The van der Waals surface area contributed by atoms with E-state index in [0.717, 1.165) is 16.8 Å². The maximum atomic E-state index is 14.6. The molecule has 4 aromatic rings. The second-order valence-corrected chi connectivity index (χ2v) is 8.38. The highest BCUT2D eigenvalue weighted by Gasteiger charge is 2.33. The van der Waals surface area contributed by atoms with Crippen LogP contribution in [-0.4, -0.2) is 66.7 Å². The third-order valence-electron chi connectivity index (χ3n) is 5.92. The number of hydrogen-bond acceptors (Lipinski definition) is 5. The first kappa shape index (κ1) is 23.1. The molecule has 3 atom stereocenters. The SMILES string of the molecule is CC1COCC(C)N1C(=O)c1cc2c(cn1)c(-c1cnc3c(F)cc(F)cn13)nn2C(F)C(F)F. The molecule has 1 aliphatic heterocycles. The van der Waals surface area contributed by atoms with Crippen LogP contribution in [0.25, 0.3) is 27.9 Å². The van der Waals surface area contributed by atoms with Crippen molar-refractivity contribution in [3.8, 4) is 11.4 Å². The summed E-state index contributed by atoms with van der Waals surface area (Å²) in [4.78, 5) is 22.8. The Hall–Kier alpha value is -3.61. The largest absolute Gasteiger partial charge is 0.377 e. The molecule has 0 radical (unpaired) electrons. The Bertz CT molecular complexity index is 1430. The zero-order valence-electron chi connectivity index (χ0n) is 18.5. The molecule has 0 aromatic carbocycles. The van der Waals surface area contributed by atoms with Crippen LogP contribution >= 0.6 is 0 Å². The number of amides is 1. The highest BCUT2D eigenvalue weighted by Crippen LogP contribution is 2.33. The number of carbonyl (C=O) groups excluding carboxylic acids is 1. The Morgan fingerprint density at radius 1 is 1.09 bits per heavy atom. The van der Waals surface area contributed by atoms with E-state index in [1.54, 1.807) is 18.7 Å². The molecule has 0 bridgehead atoms. The number of carbonyl (C=O) groups is 1. The van der Waals surface area contributed by atoms with Crippen LogP contribution in [0.3, 0.4) is 0 Å². The number of alkyl halides is 3. The topological polar surface area (TPSA) is 77.6 Å². The van der Waals surface area contributed by atoms with Crippen molar-refractivity contribution >= 4 is 22.5 Å². The quantitative estimate of drug-likeness (QED) is 0.401. The average molecular weight is 494 g/mol. The number of nitrogens with zero attached hydrogens (tertiary/aromatic N) is 6. The van der Waals surface area contributed by atoms with Gasteiger partial charge >= 0.3 is 0 Å². The van der Waals surface area contributed by atoms with E-state index < -0.39 is 30.3 Å². The molecule has 13 heteroatoms. The number of rotatable bonds is 4. The Labute approximate surface area is 194 Å². The van der Waals surface area contributed by atoms with Gasteiger partial charge in [0.25, 0.3) is 18.6 Å². The smallest absolute Gasteiger partial charge is 0.289 e. The van der Waals surface area contributed by atoms with Gasteiger partial charge in [-0.3, -0.25) is 14.2 Å². The first-order valence-corrected chi connectivity index (χ1v) is 10.7. The normalized spacial score (nSPS) is 19.7. The summed E-state index contributed by atoms with van der Waals surface area (Å²) >= 11 is 0. The van der Waals surface area contributed by atoms with Crippen molar-refractivity contribution in [1.29, 1.82) is 0 Å². The van der Waals surface area contributed by atoms with Gasteiger partial charge in [0, 0.05) is 23.8 Å². The second kappa shape index (κ2) is 8.56. The van der Waals surface area contributed by atoms with Crippen molar-refractivity contribution in [2.45, 2.75) is 38.7 Å². The van der Waals surface area contributed by atoms with Crippen molar-refractivity contribution in [3.63, 3.8) is 0 Å². The number of hydrogen-bond donors (Lipinski definition) is 0. The predicted octanol–water partition coefficient (Wildman–Crippen LogP) is 4.01. The molecule has 0 saturated carbocycles. The van der Waals surface area contributed by atoms with Gasteiger partial charge in [-0.1, -0.05) is 0 Å². The maximum Gasteiger partial charge on any atom is 0.289 e. The minimum absolute atomic E-state index is 0.0277. The fourth-order valence-electron chi connectivity index (χ4n) is 4.36. The number of aromatic nitrogens is 5. The van der Waals surface area contributed by atoms with Crippen molar-refractivity contribution in [1.82, 2.24) is 29.0 Å². The molecule has 0 aliphatic carbocycles. The summed E-state index contributed by atoms with van der Waals surface area (Å²) < 4.78 is 76.2. The first-order valence-electron chi connectivity index (χ1n) is 10.7. The van der Waals surface area contributed by atoms with Crippen LogP contribution in [-0.2, 0) is 4.74 Å². The van der Waals surface area contributed by atoms with Crippen LogP contribution in [0.1, 0.15) is 30.6 Å². The van der Waals surface area contributed by atoms with Crippen LogP contribution in [0.15, 0.2) is 30.7 Å². The Balaban J connectivity index is 1.68. The van der Waals surface area contributed by atoms with Crippen LogP contribution < -0.4 is 0 Å². The number of halogens is 5. The summed E-state index contributed by atoms with van der Waals surface area (Å²) in [6.07, 6.45) is -2.96. The second-order valence-electron chi connectivity index (χ2n) is 8.38. The molecular formula is C22H19F5N6O2. The first-order chi connectivity index (χ1) is 16.7. The minimum atomic E-state index is -3.42. The molecule has 4 aromatic heterocycles. The molecule has 8 nitrogen and oxygen atoms in total. The van der Waals surface area contributed by atoms with Crippen LogP contribution in [0.4, 0.5) is 22.0 Å². The van der Waals surface area contributed by atoms with Gasteiger partial charge in [-0.2, -0.15) is 5.10 Å². The van der Waals surface area contributed by atoms with Crippen LogP contribution in [0, 0.1) is 11.6 Å². The molecule has 35 heavy (non-hydrogen) atoms. The van der Waals surface area contributed by atoms with Gasteiger partial charge in [-0.15, -0.1) is 0 Å².